The number of hydrogen-bond acceptors (Lipinski definition) is 1. The Balaban J connectivity index is 1.32. The quantitative estimate of drug-likeness (QED) is 0.369. The lowest BCUT2D eigenvalue weighted by Gasteiger charge is -2.51. The summed E-state index contributed by atoms with van der Waals surface area (Å²) in [6.45, 7) is 2.65. The monoisotopic (exact) mass is 411 g/mol. The van der Waals surface area contributed by atoms with Crippen molar-refractivity contribution in [3.8, 4) is 0 Å². The first-order valence-corrected chi connectivity index (χ1v) is 13.3. The minimum atomic E-state index is -0.145. The van der Waals surface area contributed by atoms with Gasteiger partial charge in [-0.05, 0) is 98.5 Å². The number of fused-ring (bicyclic) bond motifs is 4. The molecule has 0 heterocycles. The van der Waals surface area contributed by atoms with E-state index < -0.39 is 0 Å². The first kappa shape index (κ1) is 22.2. The number of unbranched alkanes of at least 4 members (excludes halogenated alkanes) is 6. The second-order valence-electron chi connectivity index (χ2n) is 11.2. The van der Waals surface area contributed by atoms with E-state index in [0.29, 0.717) is 11.8 Å². The Morgan fingerprint density at radius 1 is 1.03 bits per heavy atom. The topological polar surface area (TPSA) is 43.1 Å². The summed E-state index contributed by atoms with van der Waals surface area (Å²) in [5, 5.41) is 0. The summed E-state index contributed by atoms with van der Waals surface area (Å²) in [6.07, 6.45) is 26.4. The number of nitrogens with two attached hydrogens (primary N) is 1. The van der Waals surface area contributed by atoms with Crippen LogP contribution in [-0.2, 0) is 4.79 Å². The van der Waals surface area contributed by atoms with Crippen molar-refractivity contribution in [2.75, 3.05) is 0 Å². The summed E-state index contributed by atoms with van der Waals surface area (Å²) in [6, 6.07) is 0. The Labute approximate surface area is 185 Å². The first-order valence-electron chi connectivity index (χ1n) is 13.3. The zero-order chi connectivity index (χ0) is 21.0. The lowest BCUT2D eigenvalue weighted by molar-refractivity contribution is -0.118. The number of primary amides is 1. The van der Waals surface area contributed by atoms with Gasteiger partial charge in [0, 0.05) is 6.42 Å². The van der Waals surface area contributed by atoms with E-state index in [-0.39, 0.29) is 5.91 Å². The van der Waals surface area contributed by atoms with Gasteiger partial charge in [-0.25, -0.2) is 0 Å². The molecule has 0 bridgehead atoms. The Bertz CT molecular complexity index is 674. The highest BCUT2D eigenvalue weighted by atomic mass is 16.1. The van der Waals surface area contributed by atoms with Crippen LogP contribution in [0.3, 0.4) is 0 Å². The molecule has 0 aromatic rings. The van der Waals surface area contributed by atoms with E-state index in [1.165, 1.54) is 103 Å². The second kappa shape index (κ2) is 10.0. The van der Waals surface area contributed by atoms with Crippen LogP contribution in [0.5, 0.6) is 0 Å². The molecule has 1 amide bonds. The standard InChI is InChI=1S/C28H45NO/c1-28-19-11-15-25(28)24-18-17-21-12-9-10-14-23(21)27(24)22(20-28)13-7-5-3-2-4-6-8-16-26(29)30/h12,22,24-25H,2-11,13-20H2,1H3,(H2,29,30)/t22-,24-,25-,28-/m0/s1. The smallest absolute Gasteiger partial charge is 0.217 e. The molecule has 0 radical (unpaired) electrons. The molecule has 0 spiro atoms. The van der Waals surface area contributed by atoms with E-state index in [2.05, 4.69) is 13.0 Å². The highest BCUT2D eigenvalue weighted by Crippen LogP contribution is 2.62. The number of amides is 1. The minimum absolute atomic E-state index is 0.145. The zero-order valence-electron chi connectivity index (χ0n) is 19.5. The normalized spacial score (nSPS) is 33.0. The number of rotatable bonds is 10. The highest BCUT2D eigenvalue weighted by molar-refractivity contribution is 5.73. The fourth-order valence-corrected chi connectivity index (χ4v) is 7.78. The average molecular weight is 412 g/mol. The summed E-state index contributed by atoms with van der Waals surface area (Å²) >= 11 is 0. The summed E-state index contributed by atoms with van der Waals surface area (Å²) in [4.78, 5) is 10.8. The number of carbonyl (C=O) groups excluding carboxylic acids is 1. The fourth-order valence-electron chi connectivity index (χ4n) is 7.78. The van der Waals surface area contributed by atoms with E-state index in [9.17, 15) is 4.79 Å². The maximum atomic E-state index is 10.8. The maximum absolute atomic E-state index is 10.8. The third-order valence-corrected chi connectivity index (χ3v) is 9.15. The predicted octanol–water partition coefficient (Wildman–Crippen LogP) is 7.63. The van der Waals surface area contributed by atoms with Crippen molar-refractivity contribution < 1.29 is 4.79 Å². The van der Waals surface area contributed by atoms with Crippen LogP contribution in [0.4, 0.5) is 0 Å². The van der Waals surface area contributed by atoms with Gasteiger partial charge in [0.1, 0.15) is 0 Å². The van der Waals surface area contributed by atoms with Gasteiger partial charge in [0.25, 0.3) is 0 Å². The van der Waals surface area contributed by atoms with Crippen LogP contribution in [0, 0.1) is 23.2 Å². The van der Waals surface area contributed by atoms with Gasteiger partial charge in [-0.15, -0.1) is 0 Å². The molecule has 2 N–H and O–H groups in total. The summed E-state index contributed by atoms with van der Waals surface area (Å²) in [5.74, 6) is 2.64. The summed E-state index contributed by atoms with van der Waals surface area (Å²) < 4.78 is 0. The lowest BCUT2D eigenvalue weighted by Crippen LogP contribution is -2.41. The lowest BCUT2D eigenvalue weighted by atomic mass is 9.54. The minimum Gasteiger partial charge on any atom is -0.370 e. The fraction of sp³-hybridized carbons (Fsp3) is 0.821. The van der Waals surface area contributed by atoms with Crippen LogP contribution in [0.1, 0.15) is 122 Å². The summed E-state index contributed by atoms with van der Waals surface area (Å²) in [7, 11) is 0. The molecule has 2 nitrogen and oxygen atoms in total. The van der Waals surface area contributed by atoms with Crippen LogP contribution in [0.15, 0.2) is 22.8 Å². The maximum Gasteiger partial charge on any atom is 0.217 e. The van der Waals surface area contributed by atoms with Crippen LogP contribution in [0.2, 0.25) is 0 Å². The number of allylic oxidation sites excluding steroid dienone is 4. The molecule has 2 fully saturated rings. The molecule has 0 aromatic carbocycles. The molecule has 2 heteroatoms. The Morgan fingerprint density at radius 3 is 2.60 bits per heavy atom. The summed E-state index contributed by atoms with van der Waals surface area (Å²) in [5.41, 5.74) is 11.4. The average Bonchev–Trinajstić information content (AvgIpc) is 3.13. The zero-order valence-corrected chi connectivity index (χ0v) is 19.5. The van der Waals surface area contributed by atoms with Crippen LogP contribution >= 0.6 is 0 Å². The SMILES string of the molecule is C[C@@]12CCC[C@H]1[C@@H]1CCC3=CCCCC3=C1[C@@H](CCCCCCCCCC(N)=O)C2. The third kappa shape index (κ3) is 4.89. The van der Waals surface area contributed by atoms with Gasteiger partial charge < -0.3 is 5.73 Å². The largest absolute Gasteiger partial charge is 0.370 e. The Kier molecular flexibility index (Phi) is 7.42. The van der Waals surface area contributed by atoms with E-state index in [4.69, 9.17) is 5.73 Å². The molecule has 4 rings (SSSR count). The molecule has 0 aliphatic heterocycles. The molecule has 4 aliphatic carbocycles. The van der Waals surface area contributed by atoms with Crippen LogP contribution < -0.4 is 5.73 Å². The van der Waals surface area contributed by atoms with Crippen molar-refractivity contribution >= 4 is 5.91 Å². The van der Waals surface area contributed by atoms with E-state index in [1.54, 1.807) is 5.57 Å². The molecule has 0 aromatic heterocycles. The molecule has 30 heavy (non-hydrogen) atoms. The van der Waals surface area contributed by atoms with Gasteiger partial charge in [0.05, 0.1) is 0 Å². The Morgan fingerprint density at radius 2 is 1.80 bits per heavy atom. The highest BCUT2D eigenvalue weighted by Gasteiger charge is 2.51. The molecule has 168 valence electrons. The van der Waals surface area contributed by atoms with Gasteiger partial charge in [-0.1, -0.05) is 63.5 Å². The van der Waals surface area contributed by atoms with E-state index in [1.807, 2.05) is 11.1 Å². The van der Waals surface area contributed by atoms with Crippen molar-refractivity contribution in [2.45, 2.75) is 122 Å². The van der Waals surface area contributed by atoms with Crippen molar-refractivity contribution in [3.05, 3.63) is 22.8 Å². The van der Waals surface area contributed by atoms with Gasteiger partial charge in [0.15, 0.2) is 0 Å². The van der Waals surface area contributed by atoms with Crippen molar-refractivity contribution in [1.29, 1.82) is 0 Å². The van der Waals surface area contributed by atoms with Crippen molar-refractivity contribution in [1.82, 2.24) is 0 Å². The molecule has 0 saturated heterocycles. The van der Waals surface area contributed by atoms with Crippen molar-refractivity contribution in [3.63, 3.8) is 0 Å². The Hall–Kier alpha value is -1.05. The van der Waals surface area contributed by atoms with Crippen LogP contribution in [0.25, 0.3) is 0 Å². The van der Waals surface area contributed by atoms with E-state index >= 15 is 0 Å². The predicted molar refractivity (Wildman–Crippen MR) is 126 cm³/mol. The van der Waals surface area contributed by atoms with Gasteiger partial charge in [-0.3, -0.25) is 4.79 Å². The first-order chi connectivity index (χ1) is 14.6. The molecule has 2 saturated carbocycles. The molecule has 0 unspecified atom stereocenters. The molecule has 4 atom stereocenters. The van der Waals surface area contributed by atoms with E-state index in [0.717, 1.165) is 24.2 Å². The molecule has 4 aliphatic rings. The van der Waals surface area contributed by atoms with Gasteiger partial charge in [0.2, 0.25) is 5.91 Å². The number of hydrogen-bond donors (Lipinski definition) is 1. The number of carbonyl (C=O) groups is 1. The molecular formula is C28H45NO. The third-order valence-electron chi connectivity index (χ3n) is 9.15. The second-order valence-corrected chi connectivity index (χ2v) is 11.2. The van der Waals surface area contributed by atoms with Gasteiger partial charge >= 0.3 is 0 Å². The molecular weight excluding hydrogens is 366 g/mol. The van der Waals surface area contributed by atoms with Gasteiger partial charge in [-0.2, -0.15) is 0 Å². The van der Waals surface area contributed by atoms with Crippen molar-refractivity contribution in [2.24, 2.45) is 28.9 Å². The van der Waals surface area contributed by atoms with Crippen LogP contribution in [-0.4, -0.2) is 5.91 Å².